The van der Waals surface area contributed by atoms with Crippen LogP contribution in [-0.2, 0) is 0 Å². The van der Waals surface area contributed by atoms with Crippen molar-refractivity contribution in [3.8, 4) is 0 Å². The van der Waals surface area contributed by atoms with Gasteiger partial charge >= 0.3 is 0 Å². The molecule has 0 spiro atoms. The fraction of sp³-hybridized carbons (Fsp3) is 0.636. The maximum absolute atomic E-state index is 7.85. The Morgan fingerprint density at radius 1 is 1.67 bits per heavy atom. The Bertz CT molecular complexity index is 272. The molecule has 12 heavy (non-hydrogen) atoms. The van der Waals surface area contributed by atoms with Crippen LogP contribution in [0.5, 0.6) is 0 Å². The molecule has 1 fully saturated rings. The highest BCUT2D eigenvalue weighted by molar-refractivity contribution is 6.59. The second-order valence-corrected chi connectivity index (χ2v) is 4.19. The van der Waals surface area contributed by atoms with Gasteiger partial charge in [0.1, 0.15) is 6.71 Å². The van der Waals surface area contributed by atoms with Gasteiger partial charge in [-0.05, 0) is 24.7 Å². The molecule has 1 aliphatic heterocycles. The zero-order valence-corrected chi connectivity index (χ0v) is 7.55. The molecule has 0 radical (unpaired) electrons. The second kappa shape index (κ2) is 3.51. The van der Waals surface area contributed by atoms with E-state index in [0.29, 0.717) is 23.9 Å². The minimum Gasteiger partial charge on any atom is -0.104 e. The average Bonchev–Trinajstić information content (AvgIpc) is 2.15. The number of hydrogen-bond donors (Lipinski definition) is 0. The van der Waals surface area contributed by atoms with Gasteiger partial charge in [0.2, 0.25) is 0 Å². The fourth-order valence-electron chi connectivity index (χ4n) is 2.63. The third kappa shape index (κ3) is 1.65. The molecule has 2 aliphatic rings. The molecule has 2 unspecified atom stereocenters. The lowest BCUT2D eigenvalue weighted by atomic mass is 9.35. The van der Waals surface area contributed by atoms with Crippen LogP contribution in [0.2, 0.25) is 19.0 Å². The molecule has 1 saturated heterocycles. The smallest absolute Gasteiger partial charge is 0.104 e. The summed E-state index contributed by atoms with van der Waals surface area (Å²) in [5.41, 5.74) is 0. The van der Waals surface area contributed by atoms with Crippen molar-refractivity contribution in [1.29, 1.82) is 0 Å². The predicted octanol–water partition coefficient (Wildman–Crippen LogP) is 3.26. The van der Waals surface area contributed by atoms with Crippen molar-refractivity contribution in [2.24, 2.45) is 11.8 Å². The molecule has 0 aromatic carbocycles. The Morgan fingerprint density at radius 2 is 2.58 bits per heavy atom. The van der Waals surface area contributed by atoms with Crippen LogP contribution in [-0.4, -0.2) is 6.71 Å². The maximum atomic E-state index is 7.85. The third-order valence-corrected chi connectivity index (χ3v) is 3.10. The zero-order valence-electron chi connectivity index (χ0n) is 9.55. The van der Waals surface area contributed by atoms with Crippen molar-refractivity contribution in [2.45, 2.75) is 31.8 Å². The minimum atomic E-state index is 0.389. The van der Waals surface area contributed by atoms with Gasteiger partial charge in [-0.2, -0.15) is 0 Å². The van der Waals surface area contributed by atoms with E-state index < -0.39 is 0 Å². The van der Waals surface area contributed by atoms with Gasteiger partial charge < -0.3 is 0 Å². The quantitative estimate of drug-likeness (QED) is 0.431. The number of fused-ring (bicyclic) bond motifs is 2. The van der Waals surface area contributed by atoms with Crippen LogP contribution in [0.25, 0.3) is 0 Å². The molecule has 2 rings (SSSR count). The molecule has 0 amide bonds. The first-order valence-electron chi connectivity index (χ1n) is 5.97. The Kier molecular flexibility index (Phi) is 1.77. The van der Waals surface area contributed by atoms with E-state index in [2.05, 4.69) is 6.58 Å². The topological polar surface area (TPSA) is 0 Å². The van der Waals surface area contributed by atoms with Crippen molar-refractivity contribution in [3.63, 3.8) is 0 Å². The molecule has 1 aliphatic carbocycles. The van der Waals surface area contributed by atoms with E-state index in [1.165, 1.54) is 6.32 Å². The van der Waals surface area contributed by atoms with E-state index in [1.807, 2.05) is 6.08 Å². The number of allylic oxidation sites excluding steroid dienone is 3. The summed E-state index contributed by atoms with van der Waals surface area (Å²) in [6.45, 7) is 4.51. The summed E-state index contributed by atoms with van der Waals surface area (Å²) in [4.78, 5) is 0. The third-order valence-electron chi connectivity index (χ3n) is 3.10. The number of hydrogen-bond acceptors (Lipinski definition) is 0. The van der Waals surface area contributed by atoms with Gasteiger partial charge in [-0.1, -0.05) is 37.1 Å². The highest BCUT2D eigenvalue weighted by Crippen LogP contribution is 2.37. The van der Waals surface area contributed by atoms with E-state index in [0.717, 1.165) is 32.2 Å². The van der Waals surface area contributed by atoms with E-state index in [4.69, 9.17) is 2.74 Å². The summed E-state index contributed by atoms with van der Waals surface area (Å²) in [7, 11) is 0. The highest BCUT2D eigenvalue weighted by atomic mass is 14.2. The summed E-state index contributed by atoms with van der Waals surface area (Å²) < 4.78 is 15.6. The molecule has 64 valence electrons. The Labute approximate surface area is 78.6 Å². The first-order valence-corrected chi connectivity index (χ1v) is 4.97. The van der Waals surface area contributed by atoms with Gasteiger partial charge in [-0.15, -0.1) is 6.58 Å². The van der Waals surface area contributed by atoms with E-state index >= 15 is 0 Å². The van der Waals surface area contributed by atoms with Crippen LogP contribution >= 0.6 is 0 Å². The lowest BCUT2D eigenvalue weighted by Gasteiger charge is -2.34. The summed E-state index contributed by atoms with van der Waals surface area (Å²) in [6, 6.07) is 1.22. The van der Waals surface area contributed by atoms with E-state index in [9.17, 15) is 0 Å². The average molecular weight is 162 g/mol. The summed E-state index contributed by atoms with van der Waals surface area (Å²) >= 11 is 0. The Morgan fingerprint density at radius 3 is 3.42 bits per heavy atom. The largest absolute Gasteiger partial charge is 0.144 e. The molecule has 0 aromatic rings. The lowest BCUT2D eigenvalue weighted by Crippen LogP contribution is -2.28. The molecule has 1 heterocycles. The molecule has 0 aromatic heterocycles. The van der Waals surface area contributed by atoms with Crippen LogP contribution in [0.1, 0.15) is 15.6 Å². The van der Waals surface area contributed by atoms with Gasteiger partial charge in [-0.25, -0.2) is 0 Å². The maximum Gasteiger partial charge on any atom is 0.144 e. The van der Waals surface area contributed by atoms with Crippen LogP contribution in [0, 0.1) is 11.8 Å². The molecular formula is C11H17B. The number of rotatable bonds is 2. The summed E-state index contributed by atoms with van der Waals surface area (Å²) in [5.74, 6) is 1.07. The molecule has 1 heteroatoms. The van der Waals surface area contributed by atoms with Crippen molar-refractivity contribution >= 4 is 6.71 Å². The predicted molar refractivity (Wildman–Crippen MR) is 55.7 cm³/mol. The molecule has 0 saturated carbocycles. The van der Waals surface area contributed by atoms with E-state index in [1.54, 1.807) is 0 Å². The second-order valence-electron chi connectivity index (χ2n) is 4.19. The molecule has 2 bridgehead atoms. The first kappa shape index (κ1) is 6.07. The van der Waals surface area contributed by atoms with Crippen LogP contribution < -0.4 is 0 Å². The fourth-order valence-corrected chi connectivity index (χ4v) is 2.63. The zero-order chi connectivity index (χ0) is 10.1. The van der Waals surface area contributed by atoms with Crippen molar-refractivity contribution in [3.05, 3.63) is 24.8 Å². The SMILES string of the molecule is [2H]C1=C([2H])C2CB(CC=C)CC(C1)C2. The summed E-state index contributed by atoms with van der Waals surface area (Å²) in [5, 5.41) is 0. The normalized spacial score (nSPS) is 37.5. The van der Waals surface area contributed by atoms with Crippen molar-refractivity contribution in [2.75, 3.05) is 0 Å². The van der Waals surface area contributed by atoms with Gasteiger partial charge in [0.15, 0.2) is 0 Å². The van der Waals surface area contributed by atoms with Crippen molar-refractivity contribution in [1.82, 2.24) is 0 Å². The molecule has 0 N–H and O–H groups in total. The molecule has 0 nitrogen and oxygen atoms in total. The van der Waals surface area contributed by atoms with E-state index in [-0.39, 0.29) is 0 Å². The monoisotopic (exact) mass is 162 g/mol. The van der Waals surface area contributed by atoms with Gasteiger partial charge in [-0.3, -0.25) is 0 Å². The lowest BCUT2D eigenvalue weighted by molar-refractivity contribution is 0.421. The molecule has 2 atom stereocenters. The molecular weight excluding hydrogens is 143 g/mol. The van der Waals surface area contributed by atoms with Gasteiger partial charge in [0, 0.05) is 0 Å². The van der Waals surface area contributed by atoms with Crippen LogP contribution in [0.15, 0.2) is 24.8 Å². The van der Waals surface area contributed by atoms with Crippen LogP contribution in [0.3, 0.4) is 0 Å². The Hall–Kier alpha value is -0.455. The summed E-state index contributed by atoms with van der Waals surface area (Å²) in [6.07, 6.45) is 7.47. The Balaban J connectivity index is 2.10. The standard InChI is InChI=1S/C11H17B/c1-2-6-12-8-10-4-3-5-11(7-10)9-12/h2-4,10-11H,1,5-9H2/i3D,4D. The minimum absolute atomic E-state index is 0.389. The highest BCUT2D eigenvalue weighted by Gasteiger charge is 2.30. The van der Waals surface area contributed by atoms with Crippen LogP contribution in [0.4, 0.5) is 0 Å². The van der Waals surface area contributed by atoms with Gasteiger partial charge in [0.25, 0.3) is 0 Å². The van der Waals surface area contributed by atoms with Gasteiger partial charge in [0.05, 0.1) is 2.74 Å². The first-order chi connectivity index (χ1) is 6.70. The van der Waals surface area contributed by atoms with Crippen molar-refractivity contribution < 1.29 is 2.74 Å².